The van der Waals surface area contributed by atoms with Gasteiger partial charge in [0.15, 0.2) is 6.23 Å². The third-order valence-electron chi connectivity index (χ3n) is 11.5. The lowest BCUT2D eigenvalue weighted by Crippen LogP contribution is -2.43. The second-order valence-corrected chi connectivity index (χ2v) is 17.2. The first kappa shape index (κ1) is 44.3. The SMILES string of the molecule is CCc1nc(C)sc1C(O)Nc1nc2cc(C(N)=O)cc(OCCCN3CC4CCC(C3)O4)c2n1C/C=C/Cn1c(NC(=O)c2cc(C)nn2CC)nc2cc(C(N)=O)cc(OC)c21. The minimum absolute atomic E-state index is 0.195. The van der Waals surface area contributed by atoms with Gasteiger partial charge in [0, 0.05) is 50.4 Å². The van der Waals surface area contributed by atoms with E-state index < -0.39 is 23.9 Å². The number of thiazole rings is 1. The number of likely N-dealkylation sites (tertiary alicyclic amines) is 1. The van der Waals surface area contributed by atoms with Gasteiger partial charge in [-0.1, -0.05) is 19.1 Å². The Morgan fingerprint density at radius 1 is 0.922 bits per heavy atom. The second-order valence-electron chi connectivity index (χ2n) is 16.0. The van der Waals surface area contributed by atoms with Crippen LogP contribution in [0.15, 0.2) is 42.5 Å². The number of allylic oxidation sites excluding steroid dienone is 2. The van der Waals surface area contributed by atoms with Crippen LogP contribution in [0.1, 0.15) is 91.8 Å². The van der Waals surface area contributed by atoms with Gasteiger partial charge in [-0.2, -0.15) is 5.10 Å². The molecular weight excluding hydrogens is 841 g/mol. The molecule has 2 aliphatic heterocycles. The summed E-state index contributed by atoms with van der Waals surface area (Å²) in [7, 11) is 1.48. The lowest BCUT2D eigenvalue weighted by atomic mass is 10.1. The van der Waals surface area contributed by atoms with Crippen molar-refractivity contribution in [1.29, 1.82) is 0 Å². The number of morpholine rings is 1. The maximum Gasteiger partial charge on any atom is 0.276 e. The van der Waals surface area contributed by atoms with Crippen LogP contribution in [-0.4, -0.2) is 107 Å². The standard InChI is InChI=1S/C44H54N12O7S/c1-6-30-38(64-25(4)47-30)42(60)51-44-49-32-19-27(40(46)58)21-35(62-16-10-13-53-22-28-11-12-29(23-53)63-28)37(32)55(44)15-9-8-14-54-36-31(18-26(39(45)57)20-34(36)61-5)48-43(54)50-41(59)33-17-24(3)52-56(33)7-2/h8-9,17-21,28-29,42,60H,6-7,10-16,22-23H2,1-5H3,(H2,45,57)(H2,46,58)(H,49,51)(H,48,50,59)/b9-8+. The fraction of sp³-hybridized carbons (Fsp3) is 0.432. The molecule has 6 heterocycles. The largest absolute Gasteiger partial charge is 0.494 e. The van der Waals surface area contributed by atoms with E-state index in [1.165, 1.54) is 24.5 Å². The van der Waals surface area contributed by atoms with Crippen molar-refractivity contribution >= 4 is 63.0 Å². The number of imidazole rings is 2. The van der Waals surface area contributed by atoms with E-state index in [-0.39, 0.29) is 42.4 Å². The second kappa shape index (κ2) is 18.8. The van der Waals surface area contributed by atoms with Crippen molar-refractivity contribution in [3.63, 3.8) is 0 Å². The molecule has 8 rings (SSSR count). The molecule has 0 spiro atoms. The summed E-state index contributed by atoms with van der Waals surface area (Å²) >= 11 is 1.40. The van der Waals surface area contributed by atoms with E-state index in [2.05, 4.69) is 25.6 Å². The molecular formula is C44H54N12O7S. The summed E-state index contributed by atoms with van der Waals surface area (Å²) in [6.45, 7) is 11.5. The highest BCUT2D eigenvalue weighted by Gasteiger charge is 2.33. The minimum atomic E-state index is -1.14. The summed E-state index contributed by atoms with van der Waals surface area (Å²) in [5.41, 5.74) is 15.7. The van der Waals surface area contributed by atoms with E-state index in [0.29, 0.717) is 75.4 Å². The maximum atomic E-state index is 13.7. The van der Waals surface area contributed by atoms with Gasteiger partial charge in [-0.25, -0.2) is 15.0 Å². The zero-order valence-electron chi connectivity index (χ0n) is 36.6. The quantitative estimate of drug-likeness (QED) is 0.0422. The number of aliphatic hydroxyl groups is 1. The minimum Gasteiger partial charge on any atom is -0.494 e. The number of carbonyl (C=O) groups is 3. The number of amides is 3. The number of hydrogen-bond donors (Lipinski definition) is 5. The van der Waals surface area contributed by atoms with Crippen LogP contribution in [-0.2, 0) is 30.8 Å². The van der Waals surface area contributed by atoms with Gasteiger partial charge < -0.3 is 45.2 Å². The van der Waals surface area contributed by atoms with E-state index in [4.69, 9.17) is 35.6 Å². The van der Waals surface area contributed by atoms with Crippen molar-refractivity contribution in [2.75, 3.05) is 44.0 Å². The summed E-state index contributed by atoms with van der Waals surface area (Å²) in [6.07, 6.45) is 6.78. The van der Waals surface area contributed by atoms with Crippen LogP contribution in [0.4, 0.5) is 11.9 Å². The highest BCUT2D eigenvalue weighted by molar-refractivity contribution is 7.11. The number of nitrogens with zero attached hydrogens (tertiary/aromatic N) is 8. The van der Waals surface area contributed by atoms with Gasteiger partial charge in [0.2, 0.25) is 23.7 Å². The number of ether oxygens (including phenoxy) is 3. The fourth-order valence-corrected chi connectivity index (χ4v) is 9.51. The highest BCUT2D eigenvalue weighted by atomic mass is 32.1. The smallest absolute Gasteiger partial charge is 0.276 e. The number of carbonyl (C=O) groups excluding carboxylic acids is 3. The molecule has 338 valence electrons. The number of aryl methyl sites for hydroxylation is 4. The maximum absolute atomic E-state index is 13.7. The fourth-order valence-electron chi connectivity index (χ4n) is 8.56. The lowest BCUT2D eigenvalue weighted by Gasteiger charge is -2.31. The van der Waals surface area contributed by atoms with Gasteiger partial charge in [-0.3, -0.25) is 29.3 Å². The van der Waals surface area contributed by atoms with Crippen molar-refractivity contribution < 1.29 is 33.7 Å². The van der Waals surface area contributed by atoms with Gasteiger partial charge >= 0.3 is 0 Å². The van der Waals surface area contributed by atoms with Crippen molar-refractivity contribution in [2.45, 2.75) is 91.4 Å². The molecule has 64 heavy (non-hydrogen) atoms. The molecule has 0 aliphatic carbocycles. The van der Waals surface area contributed by atoms with Crippen LogP contribution in [0.3, 0.4) is 0 Å². The number of benzene rings is 2. The Balaban J connectivity index is 1.13. The van der Waals surface area contributed by atoms with Crippen LogP contribution in [0, 0.1) is 13.8 Å². The third-order valence-corrected chi connectivity index (χ3v) is 12.5. The Hall–Kier alpha value is -6.35. The molecule has 2 fully saturated rings. The summed E-state index contributed by atoms with van der Waals surface area (Å²) < 4.78 is 23.5. The number of fused-ring (bicyclic) bond motifs is 4. The van der Waals surface area contributed by atoms with Gasteiger partial charge in [0.25, 0.3) is 5.91 Å². The number of hydrogen-bond acceptors (Lipinski definition) is 14. The summed E-state index contributed by atoms with van der Waals surface area (Å²) in [4.78, 5) is 55.9. The summed E-state index contributed by atoms with van der Waals surface area (Å²) in [6, 6.07) is 8.04. The normalized spacial score (nSPS) is 16.8. The number of nitrogens with two attached hydrogens (primary N) is 2. The van der Waals surface area contributed by atoms with Gasteiger partial charge in [-0.05, 0) is 76.8 Å². The lowest BCUT2D eigenvalue weighted by molar-refractivity contribution is -0.0391. The predicted octanol–water partition coefficient (Wildman–Crippen LogP) is 4.69. The molecule has 7 N–H and O–H groups in total. The van der Waals surface area contributed by atoms with E-state index in [1.54, 1.807) is 33.5 Å². The van der Waals surface area contributed by atoms with Gasteiger partial charge in [0.1, 0.15) is 28.2 Å². The molecule has 3 unspecified atom stereocenters. The van der Waals surface area contributed by atoms with Crippen LogP contribution >= 0.6 is 11.3 Å². The number of rotatable bonds is 19. The Morgan fingerprint density at radius 3 is 2.17 bits per heavy atom. The molecule has 2 bridgehead atoms. The molecule has 6 aromatic rings. The Morgan fingerprint density at radius 2 is 1.55 bits per heavy atom. The van der Waals surface area contributed by atoms with E-state index in [9.17, 15) is 19.5 Å². The zero-order chi connectivity index (χ0) is 45.2. The average molecular weight is 895 g/mol. The molecule has 0 radical (unpaired) electrons. The molecule has 4 aromatic heterocycles. The van der Waals surface area contributed by atoms with Crippen LogP contribution in [0.5, 0.6) is 11.5 Å². The first-order valence-corrected chi connectivity index (χ1v) is 22.3. The van der Waals surface area contributed by atoms with E-state index >= 15 is 0 Å². The number of aromatic nitrogens is 7. The number of primary amides is 2. The number of aliphatic hydroxyl groups excluding tert-OH is 1. The van der Waals surface area contributed by atoms with Crippen molar-refractivity contribution in [2.24, 2.45) is 11.5 Å². The Labute approximate surface area is 373 Å². The summed E-state index contributed by atoms with van der Waals surface area (Å²) in [5, 5.41) is 23.0. The van der Waals surface area contributed by atoms with Gasteiger partial charge in [-0.15, -0.1) is 11.3 Å². The topological polar surface area (TPSA) is 245 Å². The molecule has 20 heteroatoms. The van der Waals surface area contributed by atoms with Gasteiger partial charge in [0.05, 0.1) is 58.2 Å². The first-order chi connectivity index (χ1) is 30.8. The number of anilines is 2. The highest BCUT2D eigenvalue weighted by Crippen LogP contribution is 2.35. The van der Waals surface area contributed by atoms with Crippen molar-refractivity contribution in [1.82, 2.24) is 38.8 Å². The molecule has 2 aromatic carbocycles. The van der Waals surface area contributed by atoms with Crippen LogP contribution in [0.2, 0.25) is 0 Å². The molecule has 0 saturated carbocycles. The predicted molar refractivity (Wildman–Crippen MR) is 242 cm³/mol. The van der Waals surface area contributed by atoms with E-state index in [0.717, 1.165) is 49.6 Å². The molecule has 3 atom stereocenters. The first-order valence-electron chi connectivity index (χ1n) is 21.5. The monoisotopic (exact) mass is 894 g/mol. The zero-order valence-corrected chi connectivity index (χ0v) is 37.4. The molecule has 2 aliphatic rings. The molecule has 2 saturated heterocycles. The van der Waals surface area contributed by atoms with Crippen LogP contribution < -0.4 is 31.6 Å². The Kier molecular flexibility index (Phi) is 13.0. The molecule has 3 amide bonds. The number of nitrogens with one attached hydrogen (secondary N) is 2. The Bertz CT molecular complexity index is 2740. The van der Waals surface area contributed by atoms with Crippen molar-refractivity contribution in [3.05, 3.63) is 80.6 Å². The van der Waals surface area contributed by atoms with Crippen molar-refractivity contribution in [3.8, 4) is 11.5 Å². The molecule has 19 nitrogen and oxygen atoms in total. The number of methoxy groups -OCH3 is 1. The summed E-state index contributed by atoms with van der Waals surface area (Å²) in [5.74, 6) is -0.427. The van der Waals surface area contributed by atoms with Crippen LogP contribution in [0.25, 0.3) is 22.1 Å². The third kappa shape index (κ3) is 9.17. The van der Waals surface area contributed by atoms with E-state index in [1.807, 2.05) is 44.4 Å². The average Bonchev–Trinajstić information content (AvgIpc) is 4.09.